The van der Waals surface area contributed by atoms with Crippen molar-refractivity contribution in [1.82, 2.24) is 5.32 Å². The van der Waals surface area contributed by atoms with E-state index < -0.39 is 0 Å². The Morgan fingerprint density at radius 3 is 2.71 bits per heavy atom. The number of carbonyl (C=O) groups is 1. The normalized spacial score (nSPS) is 22.5. The number of hydrogen-bond acceptors (Lipinski definition) is 3. The maximum atomic E-state index is 12.9. The van der Waals surface area contributed by atoms with Gasteiger partial charge in [-0.2, -0.15) is 5.26 Å². The molecule has 1 spiro atoms. The SMILES string of the molecule is N#CCCN(C(=O)C1CC12CCNCC2)c1ccccc1. The number of nitriles is 1. The molecule has 1 unspecified atom stereocenters. The summed E-state index contributed by atoms with van der Waals surface area (Å²) < 4.78 is 0. The highest BCUT2D eigenvalue weighted by atomic mass is 16.2. The van der Waals surface area contributed by atoms with Gasteiger partial charge in [-0.25, -0.2) is 0 Å². The van der Waals surface area contributed by atoms with E-state index in [0.29, 0.717) is 13.0 Å². The summed E-state index contributed by atoms with van der Waals surface area (Å²) in [5, 5.41) is 12.2. The number of benzene rings is 1. The molecule has 1 heterocycles. The third-order valence-electron chi connectivity index (χ3n) is 4.87. The van der Waals surface area contributed by atoms with Crippen LogP contribution in [0.1, 0.15) is 25.7 Å². The molecule has 0 aromatic heterocycles. The molecule has 1 atom stereocenters. The van der Waals surface area contributed by atoms with Gasteiger partial charge in [0, 0.05) is 18.2 Å². The number of para-hydroxylation sites is 1. The average Bonchev–Trinajstić information content (AvgIpc) is 3.22. The second-order valence-electron chi connectivity index (χ2n) is 6.10. The maximum Gasteiger partial charge on any atom is 0.230 e. The van der Waals surface area contributed by atoms with Gasteiger partial charge < -0.3 is 10.2 Å². The van der Waals surface area contributed by atoms with Crippen LogP contribution in [0.5, 0.6) is 0 Å². The number of carbonyl (C=O) groups excluding carboxylic acids is 1. The van der Waals surface area contributed by atoms with Crippen LogP contribution in [0.15, 0.2) is 30.3 Å². The highest BCUT2D eigenvalue weighted by molar-refractivity contribution is 5.97. The average molecular weight is 283 g/mol. The van der Waals surface area contributed by atoms with Gasteiger partial charge in [0.2, 0.25) is 5.91 Å². The first-order valence-electron chi connectivity index (χ1n) is 7.71. The molecule has 1 aliphatic carbocycles. The molecule has 1 amide bonds. The van der Waals surface area contributed by atoms with Crippen molar-refractivity contribution >= 4 is 11.6 Å². The Morgan fingerprint density at radius 1 is 1.33 bits per heavy atom. The van der Waals surface area contributed by atoms with Crippen LogP contribution in [-0.2, 0) is 4.79 Å². The molecule has 4 nitrogen and oxygen atoms in total. The Balaban J connectivity index is 1.75. The first-order valence-corrected chi connectivity index (χ1v) is 7.71. The number of piperidine rings is 1. The van der Waals surface area contributed by atoms with Crippen molar-refractivity contribution in [2.75, 3.05) is 24.5 Å². The summed E-state index contributed by atoms with van der Waals surface area (Å²) in [6.07, 6.45) is 3.60. The maximum absolute atomic E-state index is 12.9. The zero-order valence-corrected chi connectivity index (χ0v) is 12.2. The van der Waals surface area contributed by atoms with Crippen molar-refractivity contribution in [2.24, 2.45) is 11.3 Å². The molecule has 1 saturated heterocycles. The molecule has 0 radical (unpaired) electrons. The van der Waals surface area contributed by atoms with Crippen LogP contribution in [0.4, 0.5) is 5.69 Å². The summed E-state index contributed by atoms with van der Waals surface area (Å²) in [6.45, 7) is 2.53. The highest BCUT2D eigenvalue weighted by Gasteiger charge is 2.58. The molecule has 0 bridgehead atoms. The lowest BCUT2D eigenvalue weighted by Crippen LogP contribution is -2.37. The molecule has 3 rings (SSSR count). The van der Waals surface area contributed by atoms with E-state index in [0.717, 1.165) is 38.0 Å². The van der Waals surface area contributed by atoms with Crippen LogP contribution < -0.4 is 10.2 Å². The summed E-state index contributed by atoms with van der Waals surface area (Å²) in [4.78, 5) is 14.7. The summed E-state index contributed by atoms with van der Waals surface area (Å²) in [5.74, 6) is 0.358. The molecule has 2 fully saturated rings. The number of hydrogen-bond donors (Lipinski definition) is 1. The quantitative estimate of drug-likeness (QED) is 0.922. The van der Waals surface area contributed by atoms with Crippen molar-refractivity contribution < 1.29 is 4.79 Å². The van der Waals surface area contributed by atoms with E-state index in [1.807, 2.05) is 35.2 Å². The lowest BCUT2D eigenvalue weighted by molar-refractivity contribution is -0.120. The number of anilines is 1. The first kappa shape index (κ1) is 14.1. The number of nitrogens with zero attached hydrogens (tertiary/aromatic N) is 2. The van der Waals surface area contributed by atoms with Crippen LogP contribution in [0.25, 0.3) is 0 Å². The van der Waals surface area contributed by atoms with E-state index in [1.165, 1.54) is 0 Å². The molecule has 4 heteroatoms. The van der Waals surface area contributed by atoms with Gasteiger partial charge in [0.25, 0.3) is 0 Å². The Hall–Kier alpha value is -1.86. The van der Waals surface area contributed by atoms with Crippen molar-refractivity contribution in [3.8, 4) is 6.07 Å². The molecular weight excluding hydrogens is 262 g/mol. The molecule has 1 aromatic carbocycles. The Bertz CT molecular complexity index is 543. The van der Waals surface area contributed by atoms with E-state index in [1.54, 1.807) is 0 Å². The lowest BCUT2D eigenvalue weighted by atomic mass is 9.91. The van der Waals surface area contributed by atoms with E-state index in [2.05, 4.69) is 11.4 Å². The Morgan fingerprint density at radius 2 is 2.05 bits per heavy atom. The summed E-state index contributed by atoms with van der Waals surface area (Å²) >= 11 is 0. The number of rotatable bonds is 4. The van der Waals surface area contributed by atoms with Crippen molar-refractivity contribution in [3.63, 3.8) is 0 Å². The number of nitrogens with one attached hydrogen (secondary N) is 1. The summed E-state index contributed by atoms with van der Waals surface area (Å²) in [7, 11) is 0. The van der Waals surface area contributed by atoms with Gasteiger partial charge >= 0.3 is 0 Å². The van der Waals surface area contributed by atoms with E-state index in [-0.39, 0.29) is 17.2 Å². The largest absolute Gasteiger partial charge is 0.317 e. The van der Waals surface area contributed by atoms with E-state index in [9.17, 15) is 4.79 Å². The molecule has 1 N–H and O–H groups in total. The standard InChI is InChI=1S/C17H21N3O/c18-9-4-12-20(14-5-2-1-3-6-14)16(21)15-13-17(15)7-10-19-11-8-17/h1-3,5-6,15,19H,4,7-8,10-13H2. The fourth-order valence-corrected chi connectivity index (χ4v) is 3.50. The van der Waals surface area contributed by atoms with Crippen LogP contribution in [-0.4, -0.2) is 25.5 Å². The van der Waals surface area contributed by atoms with Gasteiger partial charge in [-0.3, -0.25) is 4.79 Å². The van der Waals surface area contributed by atoms with Crippen LogP contribution in [0.2, 0.25) is 0 Å². The predicted octanol–water partition coefficient (Wildman–Crippen LogP) is 2.32. The smallest absolute Gasteiger partial charge is 0.230 e. The van der Waals surface area contributed by atoms with Crippen molar-refractivity contribution in [2.45, 2.75) is 25.7 Å². The first-order chi connectivity index (χ1) is 10.3. The fraction of sp³-hybridized carbons (Fsp3) is 0.529. The van der Waals surface area contributed by atoms with Gasteiger partial charge in [0.05, 0.1) is 12.5 Å². The predicted molar refractivity (Wildman–Crippen MR) is 81.7 cm³/mol. The van der Waals surface area contributed by atoms with E-state index in [4.69, 9.17) is 5.26 Å². The van der Waals surface area contributed by atoms with Crippen molar-refractivity contribution in [3.05, 3.63) is 30.3 Å². The van der Waals surface area contributed by atoms with E-state index >= 15 is 0 Å². The van der Waals surface area contributed by atoms with Gasteiger partial charge in [0.15, 0.2) is 0 Å². The van der Waals surface area contributed by atoms with Gasteiger partial charge in [-0.15, -0.1) is 0 Å². The molecular formula is C17H21N3O. The van der Waals surface area contributed by atoms with Crippen LogP contribution >= 0.6 is 0 Å². The minimum absolute atomic E-state index is 0.151. The number of amides is 1. The molecule has 1 aromatic rings. The molecule has 1 aliphatic heterocycles. The highest BCUT2D eigenvalue weighted by Crippen LogP contribution is 2.59. The molecule has 21 heavy (non-hydrogen) atoms. The van der Waals surface area contributed by atoms with Crippen LogP contribution in [0, 0.1) is 22.7 Å². The summed E-state index contributed by atoms with van der Waals surface area (Å²) in [5.41, 5.74) is 1.15. The summed E-state index contributed by atoms with van der Waals surface area (Å²) in [6, 6.07) is 11.9. The molecule has 2 aliphatic rings. The second kappa shape index (κ2) is 5.87. The minimum atomic E-state index is 0.151. The van der Waals surface area contributed by atoms with Crippen LogP contribution in [0.3, 0.4) is 0 Å². The van der Waals surface area contributed by atoms with Gasteiger partial charge in [-0.05, 0) is 49.9 Å². The van der Waals surface area contributed by atoms with Crippen molar-refractivity contribution in [1.29, 1.82) is 5.26 Å². The van der Waals surface area contributed by atoms with Gasteiger partial charge in [-0.1, -0.05) is 18.2 Å². The molecule has 110 valence electrons. The zero-order chi connectivity index (χ0) is 14.7. The third kappa shape index (κ3) is 2.79. The zero-order valence-electron chi connectivity index (χ0n) is 12.2. The third-order valence-corrected chi connectivity index (χ3v) is 4.87. The fourth-order valence-electron chi connectivity index (χ4n) is 3.50. The second-order valence-corrected chi connectivity index (χ2v) is 6.10. The lowest BCUT2D eigenvalue weighted by Gasteiger charge is -2.26. The Labute approximate surface area is 125 Å². The van der Waals surface area contributed by atoms with Gasteiger partial charge in [0.1, 0.15) is 0 Å². The molecule has 1 saturated carbocycles. The minimum Gasteiger partial charge on any atom is -0.317 e. The topological polar surface area (TPSA) is 56.1 Å². The monoisotopic (exact) mass is 283 g/mol. The Kier molecular flexibility index (Phi) is 3.94.